The average molecular weight is 771 g/mol. The number of carboxylic acid groups (broad SMARTS) is 3. The van der Waals surface area contributed by atoms with E-state index < -0.39 is 17.9 Å². The number of anilines is 1. The number of aliphatic carboxylic acids is 3. The van der Waals surface area contributed by atoms with Gasteiger partial charge in [-0.05, 0) is 12.5 Å². The second-order valence-corrected chi connectivity index (χ2v) is 9.92. The number of benzene rings is 1. The monoisotopic (exact) mass is 770 g/mol. The first kappa shape index (κ1) is 36.1. The summed E-state index contributed by atoms with van der Waals surface area (Å²) in [5.41, 5.74) is 0.433. The zero-order valence-electron chi connectivity index (χ0n) is 23.4. The quantitative estimate of drug-likeness (QED) is 0.0988. The second kappa shape index (κ2) is 17.9. The van der Waals surface area contributed by atoms with E-state index in [-0.39, 0.29) is 145 Å². The molecule has 1 aliphatic heterocycles. The summed E-state index contributed by atoms with van der Waals surface area (Å²) in [6.07, 6.45) is 0.415. The van der Waals surface area contributed by atoms with Crippen molar-refractivity contribution in [2.45, 2.75) is 12.8 Å². The van der Waals surface area contributed by atoms with Gasteiger partial charge in [0.05, 0.1) is 29.6 Å². The molecular weight excluding hydrogens is 733 g/mol. The second-order valence-electron chi connectivity index (χ2n) is 9.92. The molecule has 0 atom stereocenters. The van der Waals surface area contributed by atoms with Crippen molar-refractivity contribution in [3.63, 3.8) is 0 Å². The molecule has 1 aromatic heterocycles. The number of hydrogen-bond acceptors (Lipinski definition) is 11. The van der Waals surface area contributed by atoms with Crippen LogP contribution in [-0.2, 0) is 19.2 Å². The Hall–Kier alpha value is -3.12. The van der Waals surface area contributed by atoms with E-state index >= 15 is 0 Å². The number of nitrogens with zero attached hydrogens (tertiary/aromatic N) is 7. The maximum atomic E-state index is 13.2. The van der Waals surface area contributed by atoms with Crippen LogP contribution in [0.15, 0.2) is 24.3 Å². The van der Waals surface area contributed by atoms with Crippen LogP contribution in [0, 0.1) is 41.8 Å². The van der Waals surface area contributed by atoms with E-state index in [0.29, 0.717) is 11.0 Å². The Morgan fingerprint density at radius 1 is 0.791 bits per heavy atom. The first-order chi connectivity index (χ1) is 20.0. The summed E-state index contributed by atoms with van der Waals surface area (Å²) >= 11 is 0. The van der Waals surface area contributed by atoms with Crippen molar-refractivity contribution in [1.82, 2.24) is 29.4 Å². The molecule has 0 spiro atoms. The van der Waals surface area contributed by atoms with Crippen molar-refractivity contribution >= 4 is 40.8 Å². The summed E-state index contributed by atoms with van der Waals surface area (Å²) in [4.78, 5) is 66.0. The minimum atomic E-state index is -1.05. The molecule has 1 aromatic carbocycles. The molecule has 5 N–H and O–H groups in total. The van der Waals surface area contributed by atoms with E-state index in [9.17, 15) is 44.6 Å². The van der Waals surface area contributed by atoms with Gasteiger partial charge in [0.1, 0.15) is 0 Å². The number of hydrogen-bond donors (Lipinski definition) is 5. The smallest absolute Gasteiger partial charge is 0.322 e. The van der Waals surface area contributed by atoms with Gasteiger partial charge in [-0.15, -0.1) is 4.73 Å². The van der Waals surface area contributed by atoms with E-state index in [1.807, 2.05) is 0 Å². The van der Waals surface area contributed by atoms with Crippen LogP contribution in [0.2, 0.25) is 0 Å². The third kappa shape index (κ3) is 11.8. The zero-order chi connectivity index (χ0) is 30.6. The molecule has 1 amide bonds. The van der Waals surface area contributed by atoms with Gasteiger partial charge < -0.3 is 30.7 Å². The van der Waals surface area contributed by atoms with Crippen molar-refractivity contribution in [3.05, 3.63) is 29.2 Å². The van der Waals surface area contributed by atoms with Gasteiger partial charge in [0.15, 0.2) is 10.1 Å². The Kier molecular flexibility index (Phi) is 15.0. The summed E-state index contributed by atoms with van der Waals surface area (Å²) < 4.78 is 1.15. The maximum absolute atomic E-state index is 13.2. The normalized spacial score (nSPS) is 16.0. The Morgan fingerprint density at radius 3 is 1.74 bits per heavy atom. The number of amides is 1. The molecule has 43 heavy (non-hydrogen) atoms. The molecule has 3 rings (SSSR count). The minimum Gasteiger partial charge on any atom is -0.480 e. The molecular formula is C25H37LuN8O9+. The van der Waals surface area contributed by atoms with Crippen molar-refractivity contribution in [2.75, 3.05) is 83.9 Å². The molecule has 18 heteroatoms. The van der Waals surface area contributed by atoms with Crippen LogP contribution in [0.4, 0.5) is 5.95 Å². The third-order valence-corrected chi connectivity index (χ3v) is 6.82. The van der Waals surface area contributed by atoms with Gasteiger partial charge >= 0.3 is 29.4 Å². The molecule has 1 saturated heterocycles. The molecule has 0 saturated carbocycles. The Balaban J connectivity index is 0.00000645. The largest absolute Gasteiger partial charge is 0.480 e. The first-order valence-corrected chi connectivity index (χ1v) is 13.5. The van der Waals surface area contributed by atoms with Gasteiger partial charge in [0.25, 0.3) is 0 Å². The number of fused-ring (bicyclic) bond motifs is 1. The SMILES string of the molecule is O=C(O)CN1CCN(CC(=O)O)CCN(C(=O)CCCNc2n[n+](=O)c3ccccc3n2O)CCN(CC(=O)O)CC1.[177Lu]. The number of carboxylic acids is 3. The van der Waals surface area contributed by atoms with Crippen LogP contribution >= 0.6 is 0 Å². The van der Waals surface area contributed by atoms with Crippen LogP contribution in [0.3, 0.4) is 0 Å². The summed E-state index contributed by atoms with van der Waals surface area (Å²) in [5.74, 6) is -3.46. The molecule has 2 heterocycles. The molecule has 0 unspecified atom stereocenters. The van der Waals surface area contributed by atoms with Crippen molar-refractivity contribution in [1.29, 1.82) is 0 Å². The Morgan fingerprint density at radius 2 is 1.26 bits per heavy atom. The number of rotatable bonds is 11. The zero-order valence-corrected chi connectivity index (χ0v) is 25.1. The van der Waals surface area contributed by atoms with Gasteiger partial charge in [0.2, 0.25) is 5.91 Å². The van der Waals surface area contributed by atoms with Gasteiger partial charge in [0, 0.05) is 108 Å². The van der Waals surface area contributed by atoms with Gasteiger partial charge in [-0.25, -0.2) is 0 Å². The fraction of sp³-hybridized carbons (Fsp3) is 0.560. The molecule has 1 radical (unpaired) electrons. The number of carbonyl (C=O) groups excluding carboxylic acids is 1. The van der Waals surface area contributed by atoms with Crippen molar-refractivity contribution in [3.8, 4) is 0 Å². The van der Waals surface area contributed by atoms with Crippen LogP contribution in [0.5, 0.6) is 0 Å². The van der Waals surface area contributed by atoms with Crippen molar-refractivity contribution in [2.24, 2.45) is 0 Å². The first-order valence-electron chi connectivity index (χ1n) is 13.5. The van der Waals surface area contributed by atoms with E-state index in [1.54, 1.807) is 37.8 Å². The summed E-state index contributed by atoms with van der Waals surface area (Å²) in [6.45, 7) is 1.26. The van der Waals surface area contributed by atoms with Gasteiger partial charge in [-0.2, -0.15) is 0 Å². The van der Waals surface area contributed by atoms with Crippen LogP contribution in [0.1, 0.15) is 12.8 Å². The Bertz CT molecular complexity index is 1300. The number of carbonyl (C=O) groups is 4. The molecule has 245 valence electrons. The van der Waals surface area contributed by atoms with Crippen molar-refractivity contribution < 1.29 is 81.1 Å². The number of nitrogens with one attached hydrogen (secondary N) is 1. The maximum Gasteiger partial charge on any atom is 0.322 e. The summed E-state index contributed by atoms with van der Waals surface area (Å²) in [5, 5.41) is 45.0. The molecule has 1 fully saturated rings. The third-order valence-electron chi connectivity index (χ3n) is 6.82. The van der Waals surface area contributed by atoms with Crippen LogP contribution < -0.4 is 9.86 Å². The molecule has 0 bridgehead atoms. The van der Waals surface area contributed by atoms with E-state index in [0.717, 1.165) is 4.73 Å². The summed E-state index contributed by atoms with van der Waals surface area (Å²) in [7, 11) is 0. The number of aromatic nitrogens is 3. The minimum absolute atomic E-state index is 0. The Labute approximate surface area is 276 Å². The van der Waals surface area contributed by atoms with Gasteiger partial charge in [-0.3, -0.25) is 33.9 Å². The van der Waals surface area contributed by atoms with Gasteiger partial charge in [-0.1, -0.05) is 12.1 Å². The standard InChI is InChI=1S/C25H36N8O9.Lu/c34-21(6-3-7-26-25-27-33(42)20-5-2-1-4-19(20)32(25)41)31-14-12-29(17-23(37)38)10-8-28(16-22(35)36)9-11-30(13-15-31)18-24(39)40;/h1-2,4-5,41H,3,6-18H2,(H3-,26,27,35,36,37,38,39,40,42);/p+1/i;1+2. The van der Waals surface area contributed by atoms with E-state index in [1.165, 1.54) is 6.07 Å². The summed E-state index contributed by atoms with van der Waals surface area (Å²) in [6, 6.07) is 6.38. The molecule has 1 aliphatic rings. The van der Waals surface area contributed by atoms with Crippen LogP contribution in [0.25, 0.3) is 11.0 Å². The molecule has 0 aliphatic carbocycles. The van der Waals surface area contributed by atoms with E-state index in [2.05, 4.69) is 10.4 Å². The molecule has 2 aromatic rings. The topological polar surface area (TPSA) is 215 Å². The van der Waals surface area contributed by atoms with E-state index in [4.69, 9.17) is 0 Å². The average Bonchev–Trinajstić information content (AvgIpc) is 2.92. The fourth-order valence-corrected chi connectivity index (χ4v) is 4.64. The molecule has 17 nitrogen and oxygen atoms in total. The predicted octanol–water partition coefficient (Wildman–Crippen LogP) is -1.62. The van der Waals surface area contributed by atoms with Crippen LogP contribution in [-0.4, -0.2) is 152 Å². The number of para-hydroxylation sites is 2. The fourth-order valence-electron chi connectivity index (χ4n) is 4.64. The predicted molar refractivity (Wildman–Crippen MR) is 147 cm³/mol.